The molecule has 1 aromatic carbocycles. The fourth-order valence-corrected chi connectivity index (χ4v) is 2.36. The van der Waals surface area contributed by atoms with Gasteiger partial charge in [-0.25, -0.2) is 4.39 Å². The van der Waals surface area contributed by atoms with Crippen molar-refractivity contribution >= 4 is 0 Å². The predicted molar refractivity (Wildman–Crippen MR) is 64.3 cm³/mol. The van der Waals surface area contributed by atoms with E-state index in [0.29, 0.717) is 17.1 Å². The maximum atomic E-state index is 14.1. The maximum absolute atomic E-state index is 14.1. The van der Waals surface area contributed by atoms with Crippen LogP contribution >= 0.6 is 0 Å². The van der Waals surface area contributed by atoms with Crippen molar-refractivity contribution in [3.63, 3.8) is 0 Å². The van der Waals surface area contributed by atoms with E-state index in [0.717, 1.165) is 25.9 Å². The molecule has 0 spiro atoms. The summed E-state index contributed by atoms with van der Waals surface area (Å²) in [6.07, 6.45) is 1.89. The van der Waals surface area contributed by atoms with Crippen molar-refractivity contribution in [1.29, 1.82) is 0 Å². The van der Waals surface area contributed by atoms with Crippen molar-refractivity contribution < 1.29 is 13.9 Å². The van der Waals surface area contributed by atoms with Crippen molar-refractivity contribution in [3.05, 3.63) is 23.5 Å². The van der Waals surface area contributed by atoms with Gasteiger partial charge >= 0.3 is 0 Å². The average molecular weight is 239 g/mol. The smallest absolute Gasteiger partial charge is 0.134 e. The van der Waals surface area contributed by atoms with Crippen LogP contribution < -0.4 is 14.8 Å². The second kappa shape index (κ2) is 5.36. The van der Waals surface area contributed by atoms with Crippen molar-refractivity contribution in [2.45, 2.75) is 18.8 Å². The average Bonchev–Trinajstić information content (AvgIpc) is 2.38. The van der Waals surface area contributed by atoms with Crippen LogP contribution in [-0.2, 0) is 0 Å². The molecule has 1 heterocycles. The summed E-state index contributed by atoms with van der Waals surface area (Å²) in [6, 6.07) is 3.18. The van der Waals surface area contributed by atoms with Gasteiger partial charge in [-0.2, -0.15) is 0 Å². The summed E-state index contributed by atoms with van der Waals surface area (Å²) in [4.78, 5) is 0. The molecule has 4 heteroatoms. The standard InChI is InChI=1S/C13H18FNO2/c1-16-10-7-11(14)13(12(8-10)17-2)9-3-5-15-6-4-9/h7-9,15H,3-6H2,1-2H3. The Morgan fingerprint density at radius 1 is 1.18 bits per heavy atom. The maximum Gasteiger partial charge on any atom is 0.134 e. The quantitative estimate of drug-likeness (QED) is 0.878. The van der Waals surface area contributed by atoms with Crippen molar-refractivity contribution in [2.24, 2.45) is 0 Å². The number of piperidine rings is 1. The lowest BCUT2D eigenvalue weighted by Gasteiger charge is -2.25. The molecule has 0 radical (unpaired) electrons. The Labute approximate surface area is 101 Å². The molecule has 1 fully saturated rings. The summed E-state index contributed by atoms with van der Waals surface area (Å²) in [6.45, 7) is 1.86. The van der Waals surface area contributed by atoms with Gasteiger partial charge in [-0.15, -0.1) is 0 Å². The Morgan fingerprint density at radius 3 is 2.47 bits per heavy atom. The molecule has 1 aliphatic rings. The van der Waals surface area contributed by atoms with E-state index in [-0.39, 0.29) is 11.7 Å². The van der Waals surface area contributed by atoms with Gasteiger partial charge in [-0.3, -0.25) is 0 Å². The van der Waals surface area contributed by atoms with Crippen LogP contribution in [0.4, 0.5) is 4.39 Å². The van der Waals surface area contributed by atoms with Crippen LogP contribution in [0.2, 0.25) is 0 Å². The zero-order valence-electron chi connectivity index (χ0n) is 10.3. The molecular weight excluding hydrogens is 221 g/mol. The van der Waals surface area contributed by atoms with Gasteiger partial charge < -0.3 is 14.8 Å². The summed E-state index contributed by atoms with van der Waals surface area (Å²) in [5.74, 6) is 1.09. The molecule has 0 aliphatic carbocycles. The minimum atomic E-state index is -0.229. The Bertz CT molecular complexity index is 389. The monoisotopic (exact) mass is 239 g/mol. The summed E-state index contributed by atoms with van der Waals surface area (Å²) in [5.41, 5.74) is 0.690. The lowest BCUT2D eigenvalue weighted by Crippen LogP contribution is -2.27. The summed E-state index contributed by atoms with van der Waals surface area (Å²) in [7, 11) is 3.09. The third-order valence-corrected chi connectivity index (χ3v) is 3.27. The van der Waals surface area contributed by atoms with E-state index in [2.05, 4.69) is 5.32 Å². The van der Waals surface area contributed by atoms with Crippen LogP contribution in [0.1, 0.15) is 24.3 Å². The van der Waals surface area contributed by atoms with Gasteiger partial charge in [-0.1, -0.05) is 0 Å². The van der Waals surface area contributed by atoms with Crippen molar-refractivity contribution in [2.75, 3.05) is 27.3 Å². The largest absolute Gasteiger partial charge is 0.497 e. The van der Waals surface area contributed by atoms with Crippen LogP contribution in [-0.4, -0.2) is 27.3 Å². The highest BCUT2D eigenvalue weighted by Gasteiger charge is 2.23. The number of nitrogens with one attached hydrogen (secondary N) is 1. The lowest BCUT2D eigenvalue weighted by molar-refractivity contribution is 0.368. The van der Waals surface area contributed by atoms with E-state index >= 15 is 0 Å². The number of methoxy groups -OCH3 is 2. The highest BCUT2D eigenvalue weighted by Crippen LogP contribution is 2.37. The molecule has 0 saturated carbocycles. The fourth-order valence-electron chi connectivity index (χ4n) is 2.36. The molecule has 3 nitrogen and oxygen atoms in total. The molecule has 1 saturated heterocycles. The molecule has 94 valence electrons. The molecule has 1 N–H and O–H groups in total. The van der Waals surface area contributed by atoms with E-state index in [4.69, 9.17) is 9.47 Å². The molecule has 0 atom stereocenters. The SMILES string of the molecule is COc1cc(F)c(C2CCNCC2)c(OC)c1. The fraction of sp³-hybridized carbons (Fsp3) is 0.538. The first kappa shape index (κ1) is 12.2. The summed E-state index contributed by atoms with van der Waals surface area (Å²) >= 11 is 0. The summed E-state index contributed by atoms with van der Waals surface area (Å²) in [5, 5.41) is 3.28. The number of rotatable bonds is 3. The molecule has 2 rings (SSSR count). The van der Waals surface area contributed by atoms with E-state index in [1.54, 1.807) is 13.2 Å². The second-order valence-corrected chi connectivity index (χ2v) is 4.25. The Morgan fingerprint density at radius 2 is 1.88 bits per heavy atom. The highest BCUT2D eigenvalue weighted by atomic mass is 19.1. The minimum Gasteiger partial charge on any atom is -0.497 e. The molecular formula is C13H18FNO2. The third kappa shape index (κ3) is 2.52. The van der Waals surface area contributed by atoms with E-state index in [1.807, 2.05) is 0 Å². The van der Waals surface area contributed by atoms with E-state index < -0.39 is 0 Å². The van der Waals surface area contributed by atoms with Crippen LogP contribution in [0, 0.1) is 5.82 Å². The molecule has 1 aromatic rings. The highest BCUT2D eigenvalue weighted by molar-refractivity contribution is 5.44. The third-order valence-electron chi connectivity index (χ3n) is 3.27. The minimum absolute atomic E-state index is 0.229. The first-order chi connectivity index (χ1) is 8.26. The van der Waals surface area contributed by atoms with E-state index in [9.17, 15) is 4.39 Å². The van der Waals surface area contributed by atoms with Gasteiger partial charge in [0.2, 0.25) is 0 Å². The molecule has 0 amide bonds. The lowest BCUT2D eigenvalue weighted by atomic mass is 9.89. The molecule has 1 aliphatic heterocycles. The number of benzene rings is 1. The van der Waals surface area contributed by atoms with Gasteiger partial charge in [0.25, 0.3) is 0 Å². The Balaban J connectivity index is 2.36. The first-order valence-corrected chi connectivity index (χ1v) is 5.88. The molecule has 0 bridgehead atoms. The molecule has 0 unspecified atom stereocenters. The number of halogens is 1. The zero-order chi connectivity index (χ0) is 12.3. The zero-order valence-corrected chi connectivity index (χ0v) is 10.3. The molecule has 0 aromatic heterocycles. The Hall–Kier alpha value is -1.29. The van der Waals surface area contributed by atoms with Crippen molar-refractivity contribution in [3.8, 4) is 11.5 Å². The van der Waals surface area contributed by atoms with E-state index in [1.165, 1.54) is 13.2 Å². The van der Waals surface area contributed by atoms with Crippen LogP contribution in [0.15, 0.2) is 12.1 Å². The van der Waals surface area contributed by atoms with Crippen LogP contribution in [0.25, 0.3) is 0 Å². The first-order valence-electron chi connectivity index (χ1n) is 5.88. The second-order valence-electron chi connectivity index (χ2n) is 4.25. The topological polar surface area (TPSA) is 30.5 Å². The number of hydrogen-bond donors (Lipinski definition) is 1. The van der Waals surface area contributed by atoms with Gasteiger partial charge in [-0.05, 0) is 31.8 Å². The van der Waals surface area contributed by atoms with Crippen LogP contribution in [0.5, 0.6) is 11.5 Å². The van der Waals surface area contributed by atoms with Crippen LogP contribution in [0.3, 0.4) is 0 Å². The number of hydrogen-bond acceptors (Lipinski definition) is 3. The van der Waals surface area contributed by atoms with Gasteiger partial charge in [0.05, 0.1) is 14.2 Å². The van der Waals surface area contributed by atoms with Gasteiger partial charge in [0.1, 0.15) is 17.3 Å². The predicted octanol–water partition coefficient (Wildman–Crippen LogP) is 2.31. The van der Waals surface area contributed by atoms with Crippen molar-refractivity contribution in [1.82, 2.24) is 5.32 Å². The number of ether oxygens (including phenoxy) is 2. The van der Waals surface area contributed by atoms with Gasteiger partial charge in [0.15, 0.2) is 0 Å². The molecule has 17 heavy (non-hydrogen) atoms. The normalized spacial score (nSPS) is 16.9. The Kier molecular flexibility index (Phi) is 3.84. The van der Waals surface area contributed by atoms with Gasteiger partial charge in [0, 0.05) is 17.7 Å². The summed E-state index contributed by atoms with van der Waals surface area (Å²) < 4.78 is 24.4.